The number of hydrogen-bond donors (Lipinski definition) is 0. The molecule has 0 saturated carbocycles. The van der Waals surface area contributed by atoms with E-state index in [1.807, 2.05) is 0 Å². The number of hydrogen-bond acceptors (Lipinski definition) is 3. The third-order valence-corrected chi connectivity index (χ3v) is 4.64. The van der Waals surface area contributed by atoms with Gasteiger partial charge in [0.1, 0.15) is 21.4 Å². The SMILES string of the molecule is CCS(=O)(=O)CCCOc1cc(F)ccc1Br. The number of benzene rings is 1. The molecule has 0 aromatic heterocycles. The van der Waals surface area contributed by atoms with Crippen molar-refractivity contribution in [3.63, 3.8) is 0 Å². The fourth-order valence-electron chi connectivity index (χ4n) is 1.19. The normalized spacial score (nSPS) is 11.5. The lowest BCUT2D eigenvalue weighted by atomic mass is 10.3. The third-order valence-electron chi connectivity index (χ3n) is 2.19. The van der Waals surface area contributed by atoms with Crippen molar-refractivity contribution in [2.24, 2.45) is 0 Å². The molecular weight excluding hydrogens is 311 g/mol. The van der Waals surface area contributed by atoms with Crippen molar-refractivity contribution in [3.05, 3.63) is 28.5 Å². The predicted octanol–water partition coefficient (Wildman–Crippen LogP) is 2.79. The van der Waals surface area contributed by atoms with Crippen molar-refractivity contribution in [1.82, 2.24) is 0 Å². The molecule has 0 N–H and O–H groups in total. The molecule has 0 heterocycles. The molecule has 17 heavy (non-hydrogen) atoms. The Kier molecular flexibility index (Phi) is 5.39. The molecule has 0 bridgehead atoms. The van der Waals surface area contributed by atoms with E-state index in [0.717, 1.165) is 0 Å². The maximum absolute atomic E-state index is 12.9. The Morgan fingerprint density at radius 3 is 2.76 bits per heavy atom. The van der Waals surface area contributed by atoms with E-state index in [2.05, 4.69) is 15.9 Å². The molecule has 0 atom stereocenters. The maximum Gasteiger partial charge on any atom is 0.150 e. The van der Waals surface area contributed by atoms with Crippen molar-refractivity contribution in [2.75, 3.05) is 18.1 Å². The fourth-order valence-corrected chi connectivity index (χ4v) is 2.40. The Morgan fingerprint density at radius 2 is 2.12 bits per heavy atom. The van der Waals surface area contributed by atoms with Crippen LogP contribution in [-0.4, -0.2) is 26.5 Å². The van der Waals surface area contributed by atoms with Crippen LogP contribution in [0.25, 0.3) is 0 Å². The predicted molar refractivity (Wildman–Crippen MR) is 68.5 cm³/mol. The smallest absolute Gasteiger partial charge is 0.150 e. The van der Waals surface area contributed by atoms with Crippen molar-refractivity contribution in [2.45, 2.75) is 13.3 Å². The Morgan fingerprint density at radius 1 is 1.41 bits per heavy atom. The highest BCUT2D eigenvalue weighted by Gasteiger charge is 2.07. The van der Waals surface area contributed by atoms with Gasteiger partial charge in [-0.05, 0) is 34.5 Å². The van der Waals surface area contributed by atoms with Crippen LogP contribution in [0.1, 0.15) is 13.3 Å². The first kappa shape index (κ1) is 14.4. The summed E-state index contributed by atoms with van der Waals surface area (Å²) in [6.07, 6.45) is 0.402. The lowest BCUT2D eigenvalue weighted by molar-refractivity contribution is 0.314. The molecule has 1 rings (SSSR count). The average molecular weight is 325 g/mol. The topological polar surface area (TPSA) is 43.4 Å². The van der Waals surface area contributed by atoms with Crippen LogP contribution in [0.5, 0.6) is 5.75 Å². The maximum atomic E-state index is 12.9. The number of ether oxygens (including phenoxy) is 1. The summed E-state index contributed by atoms with van der Waals surface area (Å²) in [5.41, 5.74) is 0. The van der Waals surface area contributed by atoms with Gasteiger partial charge in [-0.2, -0.15) is 0 Å². The molecule has 0 unspecified atom stereocenters. The van der Waals surface area contributed by atoms with Gasteiger partial charge in [0.15, 0.2) is 0 Å². The van der Waals surface area contributed by atoms with E-state index in [1.165, 1.54) is 12.1 Å². The highest BCUT2D eigenvalue weighted by Crippen LogP contribution is 2.25. The van der Waals surface area contributed by atoms with Crippen molar-refractivity contribution in [3.8, 4) is 5.75 Å². The lowest BCUT2D eigenvalue weighted by Crippen LogP contribution is -2.11. The van der Waals surface area contributed by atoms with E-state index in [9.17, 15) is 12.8 Å². The minimum absolute atomic E-state index is 0.0937. The Labute approximate surface area is 109 Å². The second-order valence-electron chi connectivity index (χ2n) is 3.51. The van der Waals surface area contributed by atoms with Crippen LogP contribution in [0.15, 0.2) is 22.7 Å². The van der Waals surface area contributed by atoms with Gasteiger partial charge in [0.2, 0.25) is 0 Å². The molecule has 3 nitrogen and oxygen atoms in total. The molecule has 0 aliphatic heterocycles. The minimum atomic E-state index is -2.96. The van der Waals surface area contributed by atoms with Gasteiger partial charge in [-0.3, -0.25) is 0 Å². The van der Waals surface area contributed by atoms with Gasteiger partial charge in [-0.15, -0.1) is 0 Å². The summed E-state index contributed by atoms with van der Waals surface area (Å²) in [6.45, 7) is 1.86. The minimum Gasteiger partial charge on any atom is -0.492 e. The fraction of sp³-hybridized carbons (Fsp3) is 0.455. The second-order valence-corrected chi connectivity index (χ2v) is 6.84. The first-order valence-corrected chi connectivity index (χ1v) is 7.84. The van der Waals surface area contributed by atoms with E-state index in [1.54, 1.807) is 13.0 Å². The van der Waals surface area contributed by atoms with Gasteiger partial charge < -0.3 is 4.74 Å². The summed E-state index contributed by atoms with van der Waals surface area (Å²) in [4.78, 5) is 0. The molecule has 0 saturated heterocycles. The third kappa shape index (κ3) is 5.04. The Balaban J connectivity index is 2.44. The summed E-state index contributed by atoms with van der Waals surface area (Å²) >= 11 is 3.23. The van der Waals surface area contributed by atoms with Crippen LogP contribution in [-0.2, 0) is 9.84 Å². The van der Waals surface area contributed by atoms with Crippen LogP contribution in [0.3, 0.4) is 0 Å². The lowest BCUT2D eigenvalue weighted by Gasteiger charge is -2.08. The highest BCUT2D eigenvalue weighted by molar-refractivity contribution is 9.10. The summed E-state index contributed by atoms with van der Waals surface area (Å²) < 4.78 is 41.3. The molecule has 6 heteroatoms. The van der Waals surface area contributed by atoms with Gasteiger partial charge in [0.25, 0.3) is 0 Å². The standard InChI is InChI=1S/C11H14BrFO3S/c1-2-17(14,15)7-3-6-16-11-8-9(13)4-5-10(11)12/h4-5,8H,2-3,6-7H2,1H3. The molecule has 0 aliphatic carbocycles. The molecular formula is C11H14BrFO3S. The summed E-state index contributed by atoms with van der Waals surface area (Å²) in [7, 11) is -2.96. The molecule has 0 aliphatic rings. The quantitative estimate of drug-likeness (QED) is 0.756. The second kappa shape index (κ2) is 6.35. The summed E-state index contributed by atoms with van der Waals surface area (Å²) in [5.74, 6) is 0.232. The van der Waals surface area contributed by atoms with E-state index in [-0.39, 0.29) is 23.9 Å². The zero-order chi connectivity index (χ0) is 12.9. The molecule has 0 radical (unpaired) electrons. The van der Waals surface area contributed by atoms with Gasteiger partial charge in [-0.1, -0.05) is 6.92 Å². The zero-order valence-electron chi connectivity index (χ0n) is 9.45. The van der Waals surface area contributed by atoms with Crippen molar-refractivity contribution >= 4 is 25.8 Å². The van der Waals surface area contributed by atoms with Crippen LogP contribution >= 0.6 is 15.9 Å². The van der Waals surface area contributed by atoms with Crippen LogP contribution in [0.4, 0.5) is 4.39 Å². The first-order chi connectivity index (χ1) is 7.94. The summed E-state index contributed by atoms with van der Waals surface area (Å²) in [5, 5.41) is 0. The number of halogens is 2. The molecule has 1 aromatic rings. The number of sulfone groups is 1. The van der Waals surface area contributed by atoms with Crippen molar-refractivity contribution < 1.29 is 17.5 Å². The summed E-state index contributed by atoms with van der Waals surface area (Å²) in [6, 6.07) is 4.13. The van der Waals surface area contributed by atoms with Gasteiger partial charge in [-0.25, -0.2) is 12.8 Å². The average Bonchev–Trinajstić information content (AvgIpc) is 2.29. The van der Waals surface area contributed by atoms with E-state index < -0.39 is 9.84 Å². The Hall–Kier alpha value is -0.620. The van der Waals surface area contributed by atoms with Gasteiger partial charge >= 0.3 is 0 Å². The zero-order valence-corrected chi connectivity index (χ0v) is 11.9. The molecule has 1 aromatic carbocycles. The number of rotatable bonds is 6. The molecule has 96 valence electrons. The van der Waals surface area contributed by atoms with Crippen LogP contribution < -0.4 is 4.74 Å². The molecule has 0 spiro atoms. The first-order valence-electron chi connectivity index (χ1n) is 5.23. The van der Waals surface area contributed by atoms with Crippen LogP contribution in [0, 0.1) is 5.82 Å². The van der Waals surface area contributed by atoms with E-state index in [0.29, 0.717) is 16.6 Å². The Bertz CT molecular complexity index is 474. The van der Waals surface area contributed by atoms with Gasteiger partial charge in [0, 0.05) is 11.8 Å². The van der Waals surface area contributed by atoms with E-state index >= 15 is 0 Å². The molecule has 0 fully saturated rings. The largest absolute Gasteiger partial charge is 0.492 e. The monoisotopic (exact) mass is 324 g/mol. The van der Waals surface area contributed by atoms with Crippen LogP contribution in [0.2, 0.25) is 0 Å². The van der Waals surface area contributed by atoms with Gasteiger partial charge in [0.05, 0.1) is 16.8 Å². The molecule has 0 amide bonds. The van der Waals surface area contributed by atoms with E-state index in [4.69, 9.17) is 4.74 Å². The van der Waals surface area contributed by atoms with Crippen molar-refractivity contribution in [1.29, 1.82) is 0 Å². The highest BCUT2D eigenvalue weighted by atomic mass is 79.9.